The molecule has 0 saturated carbocycles. The molecule has 154 valence electrons. The average Bonchev–Trinajstić information content (AvgIpc) is 3.34. The van der Waals surface area contributed by atoms with Crippen molar-refractivity contribution in [3.63, 3.8) is 0 Å². The molecule has 8 nitrogen and oxygen atoms in total. The summed E-state index contributed by atoms with van der Waals surface area (Å²) in [5.41, 5.74) is 1.99. The van der Waals surface area contributed by atoms with Crippen LogP contribution in [0.1, 0.15) is 42.8 Å². The molecule has 3 heterocycles. The van der Waals surface area contributed by atoms with Gasteiger partial charge in [-0.1, -0.05) is 24.3 Å². The third-order valence-corrected chi connectivity index (χ3v) is 6.29. The van der Waals surface area contributed by atoms with Gasteiger partial charge >= 0.3 is 6.03 Å². The third-order valence-electron chi connectivity index (χ3n) is 6.29. The van der Waals surface area contributed by atoms with Crippen molar-refractivity contribution in [2.45, 2.75) is 45.7 Å². The highest BCUT2D eigenvalue weighted by Gasteiger charge is 2.50. The van der Waals surface area contributed by atoms with Crippen LogP contribution < -0.4 is 10.6 Å². The zero-order valence-electron chi connectivity index (χ0n) is 17.0. The number of amides is 3. The molecule has 8 heteroatoms. The van der Waals surface area contributed by atoms with E-state index < -0.39 is 0 Å². The molecule has 0 bridgehead atoms. The first-order chi connectivity index (χ1) is 14.0. The molecule has 2 aliphatic rings. The lowest BCUT2D eigenvalue weighted by Gasteiger charge is -2.40. The summed E-state index contributed by atoms with van der Waals surface area (Å²) in [7, 11) is 0. The molecule has 2 aromatic rings. The van der Waals surface area contributed by atoms with E-state index >= 15 is 0 Å². The summed E-state index contributed by atoms with van der Waals surface area (Å²) in [4.78, 5) is 31.7. The van der Waals surface area contributed by atoms with Gasteiger partial charge in [-0.05, 0) is 37.8 Å². The second-order valence-corrected chi connectivity index (χ2v) is 8.06. The number of carbonyl (C=O) groups excluding carboxylic acids is 2. The smallest absolute Gasteiger partial charge is 0.315 e. The van der Waals surface area contributed by atoms with Crippen LogP contribution in [0.3, 0.4) is 0 Å². The summed E-state index contributed by atoms with van der Waals surface area (Å²) in [5.74, 6) is 0.913. The SMILES string of the molecule is CCNC(=O)N[C@H]1c2ncnn2CC[C@@]12CCN(C(=O)Cc1ccccc1C)C2. The van der Waals surface area contributed by atoms with E-state index in [1.165, 1.54) is 6.33 Å². The molecule has 0 unspecified atom stereocenters. The molecule has 2 atom stereocenters. The molecule has 4 rings (SSSR count). The monoisotopic (exact) mass is 396 g/mol. The van der Waals surface area contributed by atoms with E-state index in [1.54, 1.807) is 0 Å². The number of nitrogens with zero attached hydrogens (tertiary/aromatic N) is 4. The summed E-state index contributed by atoms with van der Waals surface area (Å²) in [6.45, 7) is 6.56. The van der Waals surface area contributed by atoms with Gasteiger partial charge in [-0.15, -0.1) is 0 Å². The Labute approximate surface area is 170 Å². The molecular weight excluding hydrogens is 368 g/mol. The molecule has 2 aliphatic heterocycles. The molecule has 0 radical (unpaired) electrons. The maximum absolute atomic E-state index is 13.0. The van der Waals surface area contributed by atoms with Crippen LogP contribution in [0.25, 0.3) is 0 Å². The Hall–Kier alpha value is -2.90. The molecule has 2 N–H and O–H groups in total. The molecule has 1 aromatic heterocycles. The van der Waals surface area contributed by atoms with Gasteiger partial charge in [0, 0.05) is 31.6 Å². The van der Waals surface area contributed by atoms with Gasteiger partial charge in [-0.3, -0.25) is 4.79 Å². The number of nitrogens with one attached hydrogen (secondary N) is 2. The van der Waals surface area contributed by atoms with E-state index in [9.17, 15) is 9.59 Å². The number of urea groups is 1. The number of aryl methyl sites for hydroxylation is 2. The maximum atomic E-state index is 13.0. The number of likely N-dealkylation sites (tertiary alicyclic amines) is 1. The summed E-state index contributed by atoms with van der Waals surface area (Å²) >= 11 is 0. The largest absolute Gasteiger partial charge is 0.342 e. The van der Waals surface area contributed by atoms with Crippen molar-refractivity contribution in [3.8, 4) is 0 Å². The molecule has 29 heavy (non-hydrogen) atoms. The lowest BCUT2D eigenvalue weighted by Crippen LogP contribution is -2.50. The summed E-state index contributed by atoms with van der Waals surface area (Å²) in [6.07, 6.45) is 3.65. The first-order valence-electron chi connectivity index (χ1n) is 10.3. The Kier molecular flexibility index (Phi) is 5.25. The Morgan fingerprint density at radius 1 is 1.24 bits per heavy atom. The summed E-state index contributed by atoms with van der Waals surface area (Å²) < 4.78 is 1.86. The molecule has 1 saturated heterocycles. The van der Waals surface area contributed by atoms with Crippen LogP contribution in [-0.2, 0) is 17.8 Å². The van der Waals surface area contributed by atoms with E-state index in [4.69, 9.17) is 0 Å². The Bertz CT molecular complexity index is 910. The predicted octanol–water partition coefficient (Wildman–Crippen LogP) is 1.81. The summed E-state index contributed by atoms with van der Waals surface area (Å²) in [5, 5.41) is 10.2. The lowest BCUT2D eigenvalue weighted by molar-refractivity contribution is -0.130. The first kappa shape index (κ1) is 19.4. The quantitative estimate of drug-likeness (QED) is 0.824. The number of aromatic nitrogens is 3. The standard InChI is InChI=1S/C21H28N6O2/c1-3-22-20(29)25-18-19-23-14-24-27(19)11-9-21(18)8-10-26(13-21)17(28)12-16-7-5-4-6-15(16)2/h4-7,14,18H,3,8-13H2,1-2H3,(H2,22,25,29)/t18-,21+/m0/s1. The van der Waals surface area contributed by atoms with Crippen molar-refractivity contribution in [2.24, 2.45) is 5.41 Å². The van der Waals surface area contributed by atoms with Crippen LogP contribution in [0.5, 0.6) is 0 Å². The minimum atomic E-state index is -0.262. The van der Waals surface area contributed by atoms with Gasteiger partial charge in [0.25, 0.3) is 0 Å². The second kappa shape index (κ2) is 7.85. The van der Waals surface area contributed by atoms with Crippen LogP contribution in [0.4, 0.5) is 4.79 Å². The number of rotatable bonds is 4. The summed E-state index contributed by atoms with van der Waals surface area (Å²) in [6, 6.07) is 7.54. The van der Waals surface area contributed by atoms with Gasteiger partial charge in [-0.25, -0.2) is 14.5 Å². The van der Waals surface area contributed by atoms with E-state index in [2.05, 4.69) is 20.7 Å². The highest BCUT2D eigenvalue weighted by atomic mass is 16.2. The van der Waals surface area contributed by atoms with Gasteiger partial charge in [0.15, 0.2) is 0 Å². The Balaban J connectivity index is 1.53. The molecule has 0 aliphatic carbocycles. The van der Waals surface area contributed by atoms with Crippen molar-refractivity contribution >= 4 is 11.9 Å². The van der Waals surface area contributed by atoms with Crippen molar-refractivity contribution in [3.05, 3.63) is 47.5 Å². The fourth-order valence-electron chi connectivity index (χ4n) is 4.61. The van der Waals surface area contributed by atoms with Gasteiger partial charge in [0.05, 0.1) is 12.5 Å². The lowest BCUT2D eigenvalue weighted by atomic mass is 9.74. The molecule has 3 amide bonds. The van der Waals surface area contributed by atoms with Crippen molar-refractivity contribution in [1.82, 2.24) is 30.3 Å². The molecule has 1 fully saturated rings. The van der Waals surface area contributed by atoms with E-state index in [-0.39, 0.29) is 23.4 Å². The minimum absolute atomic E-state index is 0.139. The highest BCUT2D eigenvalue weighted by Crippen LogP contribution is 2.47. The van der Waals surface area contributed by atoms with E-state index in [0.29, 0.717) is 26.1 Å². The molecular formula is C21H28N6O2. The number of hydrogen-bond donors (Lipinski definition) is 2. The van der Waals surface area contributed by atoms with Crippen LogP contribution in [0.2, 0.25) is 0 Å². The zero-order chi connectivity index (χ0) is 20.4. The van der Waals surface area contributed by atoms with Crippen LogP contribution in [0, 0.1) is 12.3 Å². The predicted molar refractivity (Wildman–Crippen MR) is 108 cm³/mol. The number of fused-ring (bicyclic) bond motifs is 1. The van der Waals surface area contributed by atoms with Crippen molar-refractivity contribution in [2.75, 3.05) is 19.6 Å². The normalized spacial score (nSPS) is 23.1. The second-order valence-electron chi connectivity index (χ2n) is 8.06. The number of benzene rings is 1. The topological polar surface area (TPSA) is 92.2 Å². The van der Waals surface area contributed by atoms with Gasteiger partial charge < -0.3 is 15.5 Å². The van der Waals surface area contributed by atoms with Crippen LogP contribution in [0.15, 0.2) is 30.6 Å². The fraction of sp³-hybridized carbons (Fsp3) is 0.524. The third kappa shape index (κ3) is 3.71. The number of hydrogen-bond acceptors (Lipinski definition) is 4. The first-order valence-corrected chi connectivity index (χ1v) is 10.3. The molecule has 1 aromatic carbocycles. The Morgan fingerprint density at radius 2 is 2.03 bits per heavy atom. The highest BCUT2D eigenvalue weighted by molar-refractivity contribution is 5.79. The van der Waals surface area contributed by atoms with Crippen molar-refractivity contribution < 1.29 is 9.59 Å². The number of carbonyl (C=O) groups is 2. The Morgan fingerprint density at radius 3 is 2.83 bits per heavy atom. The van der Waals surface area contributed by atoms with E-state index in [1.807, 2.05) is 47.7 Å². The van der Waals surface area contributed by atoms with Crippen LogP contribution >= 0.6 is 0 Å². The maximum Gasteiger partial charge on any atom is 0.315 e. The van der Waals surface area contributed by atoms with Gasteiger partial charge in [0.2, 0.25) is 5.91 Å². The fourth-order valence-corrected chi connectivity index (χ4v) is 4.61. The van der Waals surface area contributed by atoms with Gasteiger partial charge in [0.1, 0.15) is 12.2 Å². The van der Waals surface area contributed by atoms with Gasteiger partial charge in [-0.2, -0.15) is 5.10 Å². The zero-order valence-corrected chi connectivity index (χ0v) is 17.0. The van der Waals surface area contributed by atoms with Crippen LogP contribution in [-0.4, -0.2) is 51.2 Å². The molecule has 1 spiro atoms. The minimum Gasteiger partial charge on any atom is -0.342 e. The average molecular weight is 396 g/mol. The van der Waals surface area contributed by atoms with E-state index in [0.717, 1.165) is 36.3 Å². The van der Waals surface area contributed by atoms with Crippen molar-refractivity contribution in [1.29, 1.82) is 0 Å².